The fraction of sp³-hybridized carbons (Fsp3) is 0.750. The second-order valence-corrected chi connectivity index (χ2v) is 6.72. The summed E-state index contributed by atoms with van der Waals surface area (Å²) in [6.07, 6.45) is 6.66. The molecule has 2 N–H and O–H groups in total. The number of nitrogens with one attached hydrogen (secondary N) is 2. The van der Waals surface area contributed by atoms with Gasteiger partial charge in [-0.25, -0.2) is 9.89 Å². The van der Waals surface area contributed by atoms with E-state index in [0.717, 1.165) is 6.42 Å². The van der Waals surface area contributed by atoms with Crippen molar-refractivity contribution in [3.63, 3.8) is 0 Å². The second-order valence-electron chi connectivity index (χ2n) is 6.72. The molecular formula is C16H27N3O4. The van der Waals surface area contributed by atoms with Crippen LogP contribution < -0.4 is 11.1 Å². The van der Waals surface area contributed by atoms with Crippen molar-refractivity contribution in [2.75, 3.05) is 0 Å². The topological polar surface area (TPSA) is 105 Å². The second kappa shape index (κ2) is 8.08. The Hall–Kier alpha value is -1.92. The van der Waals surface area contributed by atoms with Crippen LogP contribution in [0.3, 0.4) is 0 Å². The van der Waals surface area contributed by atoms with E-state index in [1.54, 1.807) is 0 Å². The average molecular weight is 325 g/mol. The summed E-state index contributed by atoms with van der Waals surface area (Å²) in [5.74, 6) is -0.810. The smallest absolute Gasteiger partial charge is 0.384 e. The molecule has 1 aliphatic rings. The van der Waals surface area contributed by atoms with E-state index in [0.29, 0.717) is 18.8 Å². The summed E-state index contributed by atoms with van der Waals surface area (Å²) >= 11 is 0. The summed E-state index contributed by atoms with van der Waals surface area (Å²) in [4.78, 5) is 35.5. The van der Waals surface area contributed by atoms with Crippen LogP contribution >= 0.6 is 0 Å². The first-order valence-corrected chi connectivity index (χ1v) is 8.34. The van der Waals surface area contributed by atoms with Gasteiger partial charge in [-0.3, -0.25) is 9.59 Å². The summed E-state index contributed by atoms with van der Waals surface area (Å²) in [6, 6.07) is -0.711. The van der Waals surface area contributed by atoms with E-state index in [1.165, 1.54) is 25.7 Å². The molecule has 0 aliphatic heterocycles. The molecule has 0 saturated heterocycles. The third-order valence-electron chi connectivity index (χ3n) is 4.26. The number of aromatic amines is 1. The number of Topliss-reactive ketones (excluding diaryl/α,β-unsaturated/α-hetero) is 1. The zero-order chi connectivity index (χ0) is 16.8. The Labute approximate surface area is 136 Å². The van der Waals surface area contributed by atoms with Crippen molar-refractivity contribution >= 4 is 11.7 Å². The van der Waals surface area contributed by atoms with Gasteiger partial charge in [-0.1, -0.05) is 39.5 Å². The molecule has 7 nitrogen and oxygen atoms in total. The standard InChI is InChI=1S/C16H25N3O4.H2/c1-10(2)9-12(14(21)15-18-19-16(22)23-15)17-13(20)8-7-11-5-3-4-6-11;/h10-12H,3-9H2,1-2H3,(H,17,20)(H,19,22);1H. The van der Waals surface area contributed by atoms with Crippen LogP contribution in [0.4, 0.5) is 0 Å². The van der Waals surface area contributed by atoms with E-state index in [9.17, 15) is 14.4 Å². The van der Waals surface area contributed by atoms with Gasteiger partial charge in [-0.2, -0.15) is 0 Å². The number of nitrogens with zero attached hydrogens (tertiary/aromatic N) is 1. The third-order valence-corrected chi connectivity index (χ3v) is 4.26. The van der Waals surface area contributed by atoms with Gasteiger partial charge in [0, 0.05) is 7.85 Å². The molecule has 7 heteroatoms. The Morgan fingerprint density at radius 3 is 2.65 bits per heavy atom. The van der Waals surface area contributed by atoms with Gasteiger partial charge in [0.1, 0.15) is 0 Å². The number of amides is 1. The Bertz CT molecular complexity index is 590. The van der Waals surface area contributed by atoms with Crippen molar-refractivity contribution in [1.82, 2.24) is 15.5 Å². The summed E-state index contributed by atoms with van der Waals surface area (Å²) in [5, 5.41) is 8.40. The van der Waals surface area contributed by atoms with E-state index in [-0.39, 0.29) is 19.1 Å². The number of carbonyl (C=O) groups excluding carboxylic acids is 2. The van der Waals surface area contributed by atoms with Crippen LogP contribution in [0.5, 0.6) is 0 Å². The monoisotopic (exact) mass is 325 g/mol. The number of carbonyl (C=O) groups is 2. The predicted molar refractivity (Wildman–Crippen MR) is 86.1 cm³/mol. The van der Waals surface area contributed by atoms with E-state index in [1.807, 2.05) is 13.8 Å². The van der Waals surface area contributed by atoms with Crippen LogP contribution in [0.25, 0.3) is 0 Å². The SMILES string of the molecule is CC(C)CC(NC(=O)CCC1CCCC1)C(=O)c1n[nH]c(=O)o1.[HH]. The Morgan fingerprint density at radius 2 is 2.09 bits per heavy atom. The Balaban J connectivity index is 0.00000288. The molecule has 1 amide bonds. The molecule has 1 unspecified atom stereocenters. The molecule has 0 aromatic carbocycles. The van der Waals surface area contributed by atoms with Gasteiger partial charge in [0.15, 0.2) is 0 Å². The molecule has 0 bridgehead atoms. The molecule has 23 heavy (non-hydrogen) atoms. The quantitative estimate of drug-likeness (QED) is 0.713. The highest BCUT2D eigenvalue weighted by Crippen LogP contribution is 2.28. The molecule has 1 heterocycles. The highest BCUT2D eigenvalue weighted by Gasteiger charge is 2.27. The average Bonchev–Trinajstić information content (AvgIpc) is 3.14. The fourth-order valence-electron chi connectivity index (χ4n) is 3.09. The molecule has 2 rings (SSSR count). The molecule has 1 saturated carbocycles. The first kappa shape index (κ1) is 17.4. The van der Waals surface area contributed by atoms with E-state index in [4.69, 9.17) is 4.42 Å². The lowest BCUT2D eigenvalue weighted by atomic mass is 9.98. The summed E-state index contributed by atoms with van der Waals surface area (Å²) in [6.45, 7) is 3.93. The van der Waals surface area contributed by atoms with Crippen molar-refractivity contribution in [1.29, 1.82) is 0 Å². The van der Waals surface area contributed by atoms with Crippen molar-refractivity contribution in [3.05, 3.63) is 16.4 Å². The highest BCUT2D eigenvalue weighted by molar-refractivity contribution is 5.98. The molecule has 1 aromatic heterocycles. The summed E-state index contributed by atoms with van der Waals surface area (Å²) < 4.78 is 4.71. The predicted octanol–water partition coefficient (Wildman–Crippen LogP) is 2.29. The first-order valence-electron chi connectivity index (χ1n) is 8.34. The number of hydrogen-bond donors (Lipinski definition) is 2. The van der Waals surface area contributed by atoms with Crippen LogP contribution in [0.2, 0.25) is 0 Å². The fourth-order valence-corrected chi connectivity index (χ4v) is 3.09. The lowest BCUT2D eigenvalue weighted by Crippen LogP contribution is -2.42. The molecule has 1 fully saturated rings. The minimum Gasteiger partial charge on any atom is -0.384 e. The largest absolute Gasteiger partial charge is 0.434 e. The zero-order valence-electron chi connectivity index (χ0n) is 13.8. The lowest BCUT2D eigenvalue weighted by molar-refractivity contribution is -0.121. The van der Waals surface area contributed by atoms with Crippen LogP contribution in [0.15, 0.2) is 9.21 Å². The maximum absolute atomic E-state index is 12.4. The van der Waals surface area contributed by atoms with Gasteiger partial charge in [-0.05, 0) is 24.7 Å². The summed E-state index contributed by atoms with van der Waals surface area (Å²) in [7, 11) is 0. The van der Waals surface area contributed by atoms with Gasteiger partial charge in [-0.15, -0.1) is 5.10 Å². The van der Waals surface area contributed by atoms with Gasteiger partial charge >= 0.3 is 5.76 Å². The van der Waals surface area contributed by atoms with E-state index < -0.39 is 17.6 Å². The lowest BCUT2D eigenvalue weighted by Gasteiger charge is -2.18. The zero-order valence-corrected chi connectivity index (χ0v) is 13.8. The molecule has 1 atom stereocenters. The normalized spacial score (nSPS) is 16.7. The number of aromatic nitrogens is 2. The number of hydrogen-bond acceptors (Lipinski definition) is 5. The number of rotatable bonds is 8. The van der Waals surface area contributed by atoms with Crippen molar-refractivity contribution in [2.24, 2.45) is 11.8 Å². The minimum atomic E-state index is -0.774. The highest BCUT2D eigenvalue weighted by atomic mass is 16.4. The van der Waals surface area contributed by atoms with Gasteiger partial charge in [0.25, 0.3) is 5.89 Å². The van der Waals surface area contributed by atoms with Gasteiger partial charge in [0.05, 0.1) is 6.04 Å². The van der Waals surface area contributed by atoms with E-state index >= 15 is 0 Å². The number of H-pyrrole nitrogens is 1. The molecule has 1 aliphatic carbocycles. The molecule has 0 radical (unpaired) electrons. The van der Waals surface area contributed by atoms with Crippen molar-refractivity contribution in [2.45, 2.75) is 64.8 Å². The first-order chi connectivity index (χ1) is 11.0. The van der Waals surface area contributed by atoms with Crippen molar-refractivity contribution in [3.8, 4) is 0 Å². The molecule has 1 aromatic rings. The minimum absolute atomic E-state index is 0. The van der Waals surface area contributed by atoms with Crippen LogP contribution in [0.1, 0.15) is 70.9 Å². The third kappa shape index (κ3) is 5.33. The maximum Gasteiger partial charge on any atom is 0.434 e. The maximum atomic E-state index is 12.4. The summed E-state index contributed by atoms with van der Waals surface area (Å²) in [5.41, 5.74) is 0. The van der Waals surface area contributed by atoms with Gasteiger partial charge < -0.3 is 9.73 Å². The van der Waals surface area contributed by atoms with Crippen molar-refractivity contribution < 1.29 is 15.4 Å². The Morgan fingerprint density at radius 1 is 1.39 bits per heavy atom. The number of ketones is 1. The van der Waals surface area contributed by atoms with Crippen LogP contribution in [0, 0.1) is 11.8 Å². The van der Waals surface area contributed by atoms with E-state index in [2.05, 4.69) is 15.5 Å². The van der Waals surface area contributed by atoms with Crippen LogP contribution in [-0.4, -0.2) is 27.9 Å². The molecule has 0 spiro atoms. The van der Waals surface area contributed by atoms with Gasteiger partial charge in [0.2, 0.25) is 11.7 Å². The molecule has 130 valence electrons. The molecular weight excluding hydrogens is 298 g/mol. The van der Waals surface area contributed by atoms with Crippen LogP contribution in [-0.2, 0) is 4.79 Å². The Kier molecular flexibility index (Phi) is 6.12.